The molecular formula is C9H7F2NS. The molecule has 68 valence electrons. The van der Waals surface area contributed by atoms with Gasteiger partial charge in [0.1, 0.15) is 11.6 Å². The summed E-state index contributed by atoms with van der Waals surface area (Å²) in [6.45, 7) is 3.53. The minimum absolute atomic E-state index is 0.211. The van der Waals surface area contributed by atoms with Crippen LogP contribution >= 0.6 is 12.2 Å². The average molecular weight is 199 g/mol. The first-order valence-corrected chi connectivity index (χ1v) is 3.97. The van der Waals surface area contributed by atoms with Crippen molar-refractivity contribution in [1.29, 1.82) is 0 Å². The largest absolute Gasteiger partial charge is 0.353 e. The van der Waals surface area contributed by atoms with E-state index >= 15 is 0 Å². The first kappa shape index (κ1) is 9.80. The fraction of sp³-hybridized carbons (Fsp3) is 0. The third-order valence-corrected chi connectivity index (χ3v) is 1.61. The van der Waals surface area contributed by atoms with E-state index < -0.39 is 11.6 Å². The fourth-order valence-electron chi connectivity index (χ4n) is 0.883. The first-order chi connectivity index (χ1) is 6.15. The molecule has 0 aliphatic carbocycles. The van der Waals surface area contributed by atoms with Crippen LogP contribution in [0.1, 0.15) is 5.56 Å². The van der Waals surface area contributed by atoms with Crippen LogP contribution in [-0.4, -0.2) is 5.49 Å². The summed E-state index contributed by atoms with van der Waals surface area (Å²) in [5.74, 6) is -1.27. The van der Waals surface area contributed by atoms with E-state index in [0.717, 1.165) is 12.1 Å². The van der Waals surface area contributed by atoms with Gasteiger partial charge in [-0.25, -0.2) is 8.78 Å². The van der Waals surface area contributed by atoms with Crippen LogP contribution in [0.25, 0.3) is 5.70 Å². The second-order valence-electron chi connectivity index (χ2n) is 2.36. The minimum Gasteiger partial charge on any atom is -0.353 e. The van der Waals surface area contributed by atoms with Crippen LogP contribution in [0.15, 0.2) is 24.8 Å². The van der Waals surface area contributed by atoms with E-state index in [1.54, 1.807) is 0 Å². The summed E-state index contributed by atoms with van der Waals surface area (Å²) in [6, 6.07) is 3.26. The second-order valence-corrected chi connectivity index (χ2v) is 2.60. The van der Waals surface area contributed by atoms with Crippen molar-refractivity contribution in [2.75, 3.05) is 0 Å². The highest BCUT2D eigenvalue weighted by Crippen LogP contribution is 2.14. The monoisotopic (exact) mass is 199 g/mol. The smallest absolute Gasteiger partial charge is 0.135 e. The van der Waals surface area contributed by atoms with Crippen molar-refractivity contribution in [3.8, 4) is 0 Å². The van der Waals surface area contributed by atoms with Crippen molar-refractivity contribution in [3.63, 3.8) is 0 Å². The molecule has 1 rings (SSSR count). The first-order valence-electron chi connectivity index (χ1n) is 3.49. The van der Waals surface area contributed by atoms with E-state index in [4.69, 9.17) is 0 Å². The molecule has 0 heterocycles. The summed E-state index contributed by atoms with van der Waals surface area (Å²) in [5.41, 5.74) is 1.74. The van der Waals surface area contributed by atoms with E-state index in [1.165, 1.54) is 11.6 Å². The zero-order valence-corrected chi connectivity index (χ0v) is 7.50. The van der Waals surface area contributed by atoms with Crippen LogP contribution < -0.4 is 5.32 Å². The lowest BCUT2D eigenvalue weighted by Crippen LogP contribution is -2.07. The molecule has 13 heavy (non-hydrogen) atoms. The maximum atomic E-state index is 13.0. The van der Waals surface area contributed by atoms with Crippen LogP contribution in [0.5, 0.6) is 0 Å². The van der Waals surface area contributed by atoms with Gasteiger partial charge in [-0.1, -0.05) is 18.8 Å². The number of hydrogen-bond donors (Lipinski definition) is 1. The zero-order valence-electron chi connectivity index (χ0n) is 6.68. The molecule has 1 N–H and O–H groups in total. The molecule has 0 unspecified atom stereocenters. The summed E-state index contributed by atoms with van der Waals surface area (Å²) in [4.78, 5) is 0. The zero-order chi connectivity index (χ0) is 9.84. The lowest BCUT2D eigenvalue weighted by atomic mass is 10.1. The number of benzene rings is 1. The van der Waals surface area contributed by atoms with Crippen LogP contribution in [0.2, 0.25) is 0 Å². The van der Waals surface area contributed by atoms with Gasteiger partial charge in [0.15, 0.2) is 0 Å². The third kappa shape index (κ3) is 2.32. The van der Waals surface area contributed by atoms with Gasteiger partial charge in [-0.2, -0.15) is 0 Å². The van der Waals surface area contributed by atoms with E-state index in [-0.39, 0.29) is 5.56 Å². The molecular weight excluding hydrogens is 192 g/mol. The van der Waals surface area contributed by atoms with E-state index in [9.17, 15) is 8.78 Å². The standard InChI is InChI=1S/C9H7F2NS/c1-6(12-5-13)8-3-2-7(10)4-9(8)11/h2-5H,1H2,(H,12,13). The van der Waals surface area contributed by atoms with Gasteiger partial charge >= 0.3 is 0 Å². The fourth-order valence-corrected chi connectivity index (χ4v) is 1.03. The van der Waals surface area contributed by atoms with Crippen molar-refractivity contribution >= 4 is 23.4 Å². The van der Waals surface area contributed by atoms with Crippen molar-refractivity contribution in [1.82, 2.24) is 5.32 Å². The van der Waals surface area contributed by atoms with Gasteiger partial charge in [0.25, 0.3) is 0 Å². The van der Waals surface area contributed by atoms with E-state index in [0.29, 0.717) is 5.70 Å². The Balaban J connectivity index is 3.01. The van der Waals surface area contributed by atoms with E-state index in [1.807, 2.05) is 0 Å². The number of rotatable bonds is 3. The third-order valence-electron chi connectivity index (χ3n) is 1.49. The molecule has 1 aromatic carbocycles. The normalized spacial score (nSPS) is 9.38. The molecule has 0 bridgehead atoms. The molecule has 0 saturated heterocycles. The van der Waals surface area contributed by atoms with Crippen LogP contribution in [0, 0.1) is 11.6 Å². The Labute approximate surface area is 80.1 Å². The number of nitrogens with one attached hydrogen (secondary N) is 1. The average Bonchev–Trinajstić information content (AvgIpc) is 2.04. The Bertz CT molecular complexity index is 349. The van der Waals surface area contributed by atoms with Crippen LogP contribution in [0.3, 0.4) is 0 Å². The van der Waals surface area contributed by atoms with Crippen LogP contribution in [-0.2, 0) is 0 Å². The quantitative estimate of drug-likeness (QED) is 0.750. The van der Waals surface area contributed by atoms with Crippen molar-refractivity contribution in [2.24, 2.45) is 0 Å². The summed E-state index contributed by atoms with van der Waals surface area (Å²) in [5, 5.41) is 2.55. The predicted molar refractivity (Wildman–Crippen MR) is 52.2 cm³/mol. The van der Waals surface area contributed by atoms with Crippen LogP contribution in [0.4, 0.5) is 8.78 Å². The maximum Gasteiger partial charge on any atom is 0.135 e. The molecule has 0 spiro atoms. The highest BCUT2D eigenvalue weighted by molar-refractivity contribution is 7.78. The predicted octanol–water partition coefficient (Wildman–Crippen LogP) is 2.48. The number of halogens is 2. The van der Waals surface area contributed by atoms with Gasteiger partial charge in [0.2, 0.25) is 0 Å². The van der Waals surface area contributed by atoms with Gasteiger partial charge < -0.3 is 5.32 Å². The molecule has 4 heteroatoms. The Hall–Kier alpha value is -1.29. The molecule has 0 aromatic heterocycles. The summed E-state index contributed by atoms with van der Waals surface area (Å²) in [7, 11) is 0. The highest BCUT2D eigenvalue weighted by atomic mass is 32.1. The SMILES string of the molecule is C=C(NC=S)c1ccc(F)cc1F. The highest BCUT2D eigenvalue weighted by Gasteiger charge is 2.05. The van der Waals surface area contributed by atoms with Gasteiger partial charge in [-0.3, -0.25) is 0 Å². The second kappa shape index (κ2) is 4.09. The van der Waals surface area contributed by atoms with Gasteiger partial charge in [0.05, 0.1) is 5.49 Å². The summed E-state index contributed by atoms with van der Waals surface area (Å²) >= 11 is 4.50. The summed E-state index contributed by atoms with van der Waals surface area (Å²) in [6.07, 6.45) is 0. The Kier molecular flexibility index (Phi) is 3.08. The van der Waals surface area contributed by atoms with Gasteiger partial charge in [-0.15, -0.1) is 0 Å². The molecule has 1 aromatic rings. The lowest BCUT2D eigenvalue weighted by Gasteiger charge is -2.05. The van der Waals surface area contributed by atoms with Gasteiger partial charge in [-0.05, 0) is 12.1 Å². The van der Waals surface area contributed by atoms with Crippen molar-refractivity contribution in [2.45, 2.75) is 0 Å². The lowest BCUT2D eigenvalue weighted by molar-refractivity contribution is 0.580. The number of thiocarbonyl (C=S) groups is 1. The molecule has 0 aliphatic rings. The van der Waals surface area contributed by atoms with Crippen molar-refractivity contribution < 1.29 is 8.78 Å². The molecule has 0 radical (unpaired) electrons. The molecule has 0 aliphatic heterocycles. The van der Waals surface area contributed by atoms with E-state index in [2.05, 4.69) is 24.1 Å². The Morgan fingerprint density at radius 1 is 1.46 bits per heavy atom. The summed E-state index contributed by atoms with van der Waals surface area (Å²) < 4.78 is 25.5. The topological polar surface area (TPSA) is 12.0 Å². The number of hydrogen-bond acceptors (Lipinski definition) is 1. The Morgan fingerprint density at radius 3 is 2.69 bits per heavy atom. The molecule has 0 saturated carbocycles. The minimum atomic E-state index is -0.658. The maximum absolute atomic E-state index is 13.0. The van der Waals surface area contributed by atoms with Crippen molar-refractivity contribution in [3.05, 3.63) is 42.0 Å². The molecule has 0 amide bonds. The molecule has 0 atom stereocenters. The molecule has 1 nitrogen and oxygen atoms in total. The molecule has 0 fully saturated rings. The Morgan fingerprint density at radius 2 is 2.15 bits per heavy atom. The van der Waals surface area contributed by atoms with Gasteiger partial charge in [0, 0.05) is 17.3 Å².